The zero-order chi connectivity index (χ0) is 12.0. The molecule has 2 fully saturated rings. The molecule has 2 N–H and O–H groups in total. The molecule has 0 radical (unpaired) electrons. The highest BCUT2D eigenvalue weighted by Crippen LogP contribution is 2.55. The Bertz CT molecular complexity index is 412. The zero-order valence-corrected chi connectivity index (χ0v) is 9.40. The molecule has 92 valence electrons. The lowest BCUT2D eigenvalue weighted by Gasteiger charge is -2.32. The molecule has 0 heterocycles. The molecule has 1 unspecified atom stereocenters. The van der Waals surface area contributed by atoms with Crippen molar-refractivity contribution in [3.8, 4) is 5.75 Å². The fourth-order valence-electron chi connectivity index (χ4n) is 2.25. The van der Waals surface area contributed by atoms with Gasteiger partial charge in [0.1, 0.15) is 11.9 Å². The van der Waals surface area contributed by atoms with Crippen LogP contribution in [-0.4, -0.2) is 18.1 Å². The van der Waals surface area contributed by atoms with Crippen molar-refractivity contribution in [2.75, 3.05) is 0 Å². The van der Waals surface area contributed by atoms with Gasteiger partial charge in [-0.15, -0.1) is 0 Å². The second-order valence-electron chi connectivity index (χ2n) is 5.06. The molecule has 0 bridgehead atoms. The van der Waals surface area contributed by atoms with E-state index in [1.807, 2.05) is 0 Å². The summed E-state index contributed by atoms with van der Waals surface area (Å²) in [5, 5.41) is 0. The molecule has 2 nitrogen and oxygen atoms in total. The first-order chi connectivity index (χ1) is 8.04. The minimum absolute atomic E-state index is 0.0231. The molecule has 2 aliphatic rings. The maximum Gasteiger partial charge on any atom is 0.255 e. The van der Waals surface area contributed by atoms with E-state index in [4.69, 9.17) is 10.5 Å². The molecule has 0 aliphatic heterocycles. The second kappa shape index (κ2) is 3.67. The number of alkyl halides is 2. The first-order valence-corrected chi connectivity index (χ1v) is 5.94. The molecule has 1 aromatic carbocycles. The Morgan fingerprint density at radius 1 is 1.18 bits per heavy atom. The Morgan fingerprint density at radius 3 is 2.24 bits per heavy atom. The average Bonchev–Trinajstić information content (AvgIpc) is 2.87. The number of rotatable bonds is 3. The van der Waals surface area contributed by atoms with Crippen molar-refractivity contribution in [3.63, 3.8) is 0 Å². The van der Waals surface area contributed by atoms with Crippen LogP contribution in [-0.2, 0) is 0 Å². The van der Waals surface area contributed by atoms with Gasteiger partial charge < -0.3 is 10.5 Å². The standard InChI is InChI=1S/C13H15F2NO/c14-13(15)7-12(13)8-1-3-10(4-2-8)17-11-5-9(16)6-11/h1-4,9,11-12H,5-7,16H2. The third kappa shape index (κ3) is 2.14. The molecule has 0 amide bonds. The largest absolute Gasteiger partial charge is 0.490 e. The van der Waals surface area contributed by atoms with E-state index >= 15 is 0 Å². The van der Waals surface area contributed by atoms with Crippen molar-refractivity contribution < 1.29 is 13.5 Å². The lowest BCUT2D eigenvalue weighted by Crippen LogP contribution is -2.43. The molecule has 2 aliphatic carbocycles. The Balaban J connectivity index is 1.61. The number of hydrogen-bond donors (Lipinski definition) is 1. The number of ether oxygens (including phenoxy) is 1. The maximum atomic E-state index is 12.9. The van der Waals surface area contributed by atoms with Crippen LogP contribution < -0.4 is 10.5 Å². The molecule has 0 aromatic heterocycles. The Kier molecular flexibility index (Phi) is 2.36. The van der Waals surface area contributed by atoms with Crippen molar-refractivity contribution in [2.24, 2.45) is 5.73 Å². The van der Waals surface area contributed by atoms with E-state index in [0.717, 1.165) is 18.6 Å². The van der Waals surface area contributed by atoms with Crippen LogP contribution in [0.25, 0.3) is 0 Å². The van der Waals surface area contributed by atoms with Crippen molar-refractivity contribution >= 4 is 0 Å². The number of halogens is 2. The van der Waals surface area contributed by atoms with Gasteiger partial charge in [-0.1, -0.05) is 12.1 Å². The highest BCUT2D eigenvalue weighted by molar-refractivity contribution is 5.34. The summed E-state index contributed by atoms with van der Waals surface area (Å²) >= 11 is 0. The highest BCUT2D eigenvalue weighted by atomic mass is 19.3. The van der Waals surface area contributed by atoms with Gasteiger partial charge in [-0.3, -0.25) is 0 Å². The van der Waals surface area contributed by atoms with E-state index in [1.165, 1.54) is 0 Å². The zero-order valence-electron chi connectivity index (χ0n) is 9.40. The highest BCUT2D eigenvalue weighted by Gasteiger charge is 2.57. The summed E-state index contributed by atoms with van der Waals surface area (Å²) in [4.78, 5) is 0. The van der Waals surface area contributed by atoms with Gasteiger partial charge in [0, 0.05) is 12.5 Å². The fourth-order valence-corrected chi connectivity index (χ4v) is 2.25. The molecule has 1 atom stereocenters. The second-order valence-corrected chi connectivity index (χ2v) is 5.06. The molecular formula is C13H15F2NO. The summed E-state index contributed by atoms with van der Waals surface area (Å²) < 4.78 is 31.4. The predicted molar refractivity (Wildman–Crippen MR) is 60.4 cm³/mol. The van der Waals surface area contributed by atoms with Crippen LogP contribution in [0.3, 0.4) is 0 Å². The Labute approximate surface area is 98.8 Å². The molecule has 4 heteroatoms. The fraction of sp³-hybridized carbons (Fsp3) is 0.538. The lowest BCUT2D eigenvalue weighted by atomic mass is 9.90. The van der Waals surface area contributed by atoms with E-state index in [0.29, 0.717) is 5.56 Å². The SMILES string of the molecule is NC1CC(Oc2ccc(C3CC3(F)F)cc2)C1. The lowest BCUT2D eigenvalue weighted by molar-refractivity contribution is 0.101. The smallest absolute Gasteiger partial charge is 0.255 e. The average molecular weight is 239 g/mol. The van der Waals surface area contributed by atoms with Crippen molar-refractivity contribution in [3.05, 3.63) is 29.8 Å². The van der Waals surface area contributed by atoms with Crippen LogP contribution in [0.15, 0.2) is 24.3 Å². The Hall–Kier alpha value is -1.16. The summed E-state index contributed by atoms with van der Waals surface area (Å²) in [7, 11) is 0. The first kappa shape index (κ1) is 11.0. The molecule has 1 aromatic rings. The van der Waals surface area contributed by atoms with Crippen molar-refractivity contribution in [1.82, 2.24) is 0 Å². The van der Waals surface area contributed by atoms with Crippen LogP contribution in [0.5, 0.6) is 5.75 Å². The third-order valence-electron chi connectivity index (χ3n) is 3.54. The third-order valence-corrected chi connectivity index (χ3v) is 3.54. The monoisotopic (exact) mass is 239 g/mol. The maximum absolute atomic E-state index is 12.9. The number of benzene rings is 1. The summed E-state index contributed by atoms with van der Waals surface area (Å²) in [6.45, 7) is 0. The molecule has 2 saturated carbocycles. The minimum atomic E-state index is -2.50. The molecular weight excluding hydrogens is 224 g/mol. The van der Waals surface area contributed by atoms with Crippen molar-refractivity contribution in [1.29, 1.82) is 0 Å². The summed E-state index contributed by atoms with van der Waals surface area (Å²) in [6.07, 6.45) is 1.92. The predicted octanol–water partition coefficient (Wildman–Crippen LogP) is 2.68. The van der Waals surface area contributed by atoms with Crippen LogP contribution in [0.2, 0.25) is 0 Å². The molecule has 0 spiro atoms. The van der Waals surface area contributed by atoms with E-state index in [9.17, 15) is 8.78 Å². The summed E-state index contributed by atoms with van der Waals surface area (Å²) in [5.41, 5.74) is 6.36. The molecule has 17 heavy (non-hydrogen) atoms. The van der Waals surface area contributed by atoms with Crippen molar-refractivity contribution in [2.45, 2.75) is 43.2 Å². The van der Waals surface area contributed by atoms with E-state index in [-0.39, 0.29) is 18.6 Å². The quantitative estimate of drug-likeness (QED) is 0.880. The van der Waals surface area contributed by atoms with Gasteiger partial charge in [-0.25, -0.2) is 8.78 Å². The minimum Gasteiger partial charge on any atom is -0.490 e. The van der Waals surface area contributed by atoms with Crippen LogP contribution in [0, 0.1) is 0 Å². The van der Waals surface area contributed by atoms with Gasteiger partial charge in [0.2, 0.25) is 0 Å². The number of nitrogens with two attached hydrogens (primary N) is 1. The van der Waals surface area contributed by atoms with Gasteiger partial charge >= 0.3 is 0 Å². The number of hydrogen-bond acceptors (Lipinski definition) is 2. The summed E-state index contributed by atoms with van der Waals surface area (Å²) in [6, 6.07) is 7.27. The van der Waals surface area contributed by atoms with Crippen LogP contribution >= 0.6 is 0 Å². The normalized spacial score (nSPS) is 33.9. The Morgan fingerprint density at radius 2 is 1.76 bits per heavy atom. The van der Waals surface area contributed by atoms with E-state index in [2.05, 4.69) is 0 Å². The van der Waals surface area contributed by atoms with Gasteiger partial charge in [0.25, 0.3) is 5.92 Å². The van der Waals surface area contributed by atoms with Gasteiger partial charge in [0.05, 0.1) is 5.92 Å². The van der Waals surface area contributed by atoms with Gasteiger partial charge in [0.15, 0.2) is 0 Å². The molecule has 0 saturated heterocycles. The van der Waals surface area contributed by atoms with Crippen LogP contribution in [0.1, 0.15) is 30.7 Å². The topological polar surface area (TPSA) is 35.2 Å². The van der Waals surface area contributed by atoms with Gasteiger partial charge in [-0.05, 0) is 30.5 Å². The van der Waals surface area contributed by atoms with E-state index < -0.39 is 11.8 Å². The summed E-state index contributed by atoms with van der Waals surface area (Å²) in [5.74, 6) is -2.34. The molecule has 3 rings (SSSR count). The van der Waals surface area contributed by atoms with E-state index in [1.54, 1.807) is 24.3 Å². The first-order valence-electron chi connectivity index (χ1n) is 5.94. The van der Waals surface area contributed by atoms with Crippen LogP contribution in [0.4, 0.5) is 8.78 Å². The van der Waals surface area contributed by atoms with Gasteiger partial charge in [-0.2, -0.15) is 0 Å².